The Morgan fingerprint density at radius 2 is 1.53 bits per heavy atom. The summed E-state index contributed by atoms with van der Waals surface area (Å²) in [5.41, 5.74) is 2.52. The Balaban J connectivity index is 0.00000363. The molecule has 2 aromatic rings. The Morgan fingerprint density at radius 1 is 0.906 bits per heavy atom. The van der Waals surface area contributed by atoms with Crippen LogP contribution < -0.4 is 21.5 Å². The molecule has 0 bridgehead atoms. The number of rotatable bonds is 13. The predicted molar refractivity (Wildman–Crippen MR) is 134 cm³/mol. The van der Waals surface area contributed by atoms with Crippen LogP contribution in [0.25, 0.3) is 6.08 Å². The predicted octanol–water partition coefficient (Wildman–Crippen LogP) is 5.38. The van der Waals surface area contributed by atoms with Crippen molar-refractivity contribution >= 4 is 29.3 Å². The number of halogens is 3. The summed E-state index contributed by atoms with van der Waals surface area (Å²) < 4.78 is 4.33. The highest BCUT2D eigenvalue weighted by molar-refractivity contribution is 6.39. The summed E-state index contributed by atoms with van der Waals surface area (Å²) >= 11 is 13.4. The first kappa shape index (κ1) is 27.5. The van der Waals surface area contributed by atoms with Crippen LogP contribution in [0, 0.1) is 0 Å². The van der Waals surface area contributed by atoms with Gasteiger partial charge in [0.2, 0.25) is 6.33 Å². The molecule has 0 N–H and O–H groups in total. The number of aryl methyl sites for hydroxylation is 1. The highest BCUT2D eigenvalue weighted by Crippen LogP contribution is 2.37. The van der Waals surface area contributed by atoms with Gasteiger partial charge in [-0.25, -0.2) is 9.13 Å². The fourth-order valence-electron chi connectivity index (χ4n) is 4.76. The molecule has 5 heteroatoms. The molecule has 2 nitrogen and oxygen atoms in total. The van der Waals surface area contributed by atoms with Crippen LogP contribution in [-0.2, 0) is 18.5 Å². The Hall–Kier alpha value is -0.770. The molecule has 0 radical (unpaired) electrons. The van der Waals surface area contributed by atoms with Gasteiger partial charge in [-0.2, -0.15) is 0 Å². The molecule has 0 saturated heterocycles. The van der Waals surface area contributed by atoms with Gasteiger partial charge in [-0.05, 0) is 59.7 Å². The van der Waals surface area contributed by atoms with Gasteiger partial charge in [-0.3, -0.25) is 0 Å². The zero-order valence-corrected chi connectivity index (χ0v) is 22.9. The molecule has 1 heterocycles. The second-order valence-electron chi connectivity index (χ2n) is 9.11. The van der Waals surface area contributed by atoms with Crippen molar-refractivity contribution < 1.29 is 21.5 Å². The molecule has 0 amide bonds. The number of hydrogen-bond donors (Lipinski definition) is 0. The lowest BCUT2D eigenvalue weighted by Gasteiger charge is -2.30. The fraction of sp³-hybridized carbons (Fsp3) is 0.593. The molecule has 1 aliphatic carbocycles. The summed E-state index contributed by atoms with van der Waals surface area (Å²) in [5, 5.41) is 1.32. The Morgan fingerprint density at radius 3 is 2.19 bits per heavy atom. The highest BCUT2D eigenvalue weighted by Gasteiger charge is 2.39. The molecular weight excluding hydrogens is 503 g/mol. The average molecular weight is 542 g/mol. The van der Waals surface area contributed by atoms with Crippen LogP contribution in [-0.4, -0.2) is 4.57 Å². The standard InChI is InChI=1S/C27H39Cl2N2.BrH/c1-3-5-6-7-8-9-10-11-12-15-20-30-22-31(26(29)25(30)28)27(4-2)19-18-23-16-13-14-17-24(23)21-27;/h13-14,16-19,22H,3-12,15,20-21H2,1-2H3;1H/q+1;/p-1. The van der Waals surface area contributed by atoms with Gasteiger partial charge in [0.05, 0.1) is 6.54 Å². The van der Waals surface area contributed by atoms with E-state index in [9.17, 15) is 0 Å². The third-order valence-corrected chi connectivity index (χ3v) is 7.71. The molecule has 1 atom stereocenters. The van der Waals surface area contributed by atoms with E-state index in [2.05, 4.69) is 65.7 Å². The number of benzene rings is 1. The van der Waals surface area contributed by atoms with E-state index in [1.807, 2.05) is 0 Å². The summed E-state index contributed by atoms with van der Waals surface area (Å²) in [4.78, 5) is 0. The number of nitrogens with zero attached hydrogens (tertiary/aromatic N) is 2. The maximum atomic E-state index is 6.75. The van der Waals surface area contributed by atoms with E-state index in [0.717, 1.165) is 25.8 Å². The van der Waals surface area contributed by atoms with Crippen molar-refractivity contribution in [3.63, 3.8) is 0 Å². The van der Waals surface area contributed by atoms with Crippen LogP contribution in [0.15, 0.2) is 36.7 Å². The van der Waals surface area contributed by atoms with E-state index in [-0.39, 0.29) is 22.5 Å². The molecule has 0 spiro atoms. The van der Waals surface area contributed by atoms with Gasteiger partial charge in [0.15, 0.2) is 0 Å². The minimum absolute atomic E-state index is 0. The smallest absolute Gasteiger partial charge is 0.255 e. The third-order valence-electron chi connectivity index (χ3n) is 6.86. The number of fused-ring (bicyclic) bond motifs is 1. The molecular formula is C27H39BrCl2N2. The quantitative estimate of drug-likeness (QED) is 0.238. The third kappa shape index (κ3) is 6.87. The largest absolute Gasteiger partial charge is 1.00 e. The lowest BCUT2D eigenvalue weighted by atomic mass is 9.81. The van der Waals surface area contributed by atoms with Crippen molar-refractivity contribution in [1.29, 1.82) is 0 Å². The van der Waals surface area contributed by atoms with Crippen molar-refractivity contribution in [1.82, 2.24) is 4.57 Å². The van der Waals surface area contributed by atoms with E-state index < -0.39 is 0 Å². The number of aromatic nitrogens is 2. The average Bonchev–Trinajstić information content (AvgIpc) is 3.09. The number of hydrogen-bond acceptors (Lipinski definition) is 0. The Kier molecular flexibility index (Phi) is 11.9. The van der Waals surface area contributed by atoms with Gasteiger partial charge in [-0.1, -0.05) is 95.6 Å². The van der Waals surface area contributed by atoms with Gasteiger partial charge in [0.25, 0.3) is 10.3 Å². The van der Waals surface area contributed by atoms with Crippen molar-refractivity contribution in [2.24, 2.45) is 0 Å². The normalized spacial score (nSPS) is 17.2. The van der Waals surface area contributed by atoms with Gasteiger partial charge < -0.3 is 17.0 Å². The summed E-state index contributed by atoms with van der Waals surface area (Å²) in [6.45, 7) is 5.44. The molecule has 0 fully saturated rings. The zero-order valence-electron chi connectivity index (χ0n) is 19.8. The first-order valence-electron chi connectivity index (χ1n) is 12.3. The van der Waals surface area contributed by atoms with Crippen LogP contribution in [0.4, 0.5) is 0 Å². The molecule has 1 aliphatic rings. The van der Waals surface area contributed by atoms with E-state index in [1.54, 1.807) is 0 Å². The van der Waals surface area contributed by atoms with Gasteiger partial charge in [0, 0.05) is 6.42 Å². The Labute approximate surface area is 215 Å². The second-order valence-corrected chi connectivity index (χ2v) is 9.82. The fourth-order valence-corrected chi connectivity index (χ4v) is 5.30. The molecule has 1 aromatic carbocycles. The first-order chi connectivity index (χ1) is 15.1. The molecule has 0 aliphatic heterocycles. The summed E-state index contributed by atoms with van der Waals surface area (Å²) in [7, 11) is 0. The second kappa shape index (κ2) is 13.8. The van der Waals surface area contributed by atoms with E-state index >= 15 is 0 Å². The Bertz CT molecular complexity index is 861. The van der Waals surface area contributed by atoms with Gasteiger partial charge in [-0.15, -0.1) is 0 Å². The monoisotopic (exact) mass is 540 g/mol. The van der Waals surface area contributed by atoms with Crippen LogP contribution in [0.2, 0.25) is 10.3 Å². The topological polar surface area (TPSA) is 8.81 Å². The minimum Gasteiger partial charge on any atom is -1.00 e. The SMILES string of the molecule is CCCCCCCCCCCC[n+]1cn(C2(CC)C=Cc3ccccc3C2)c(Cl)c1Cl.[Br-]. The van der Waals surface area contributed by atoms with E-state index in [0.29, 0.717) is 10.3 Å². The van der Waals surface area contributed by atoms with Crippen LogP contribution >= 0.6 is 23.2 Å². The lowest BCUT2D eigenvalue weighted by Crippen LogP contribution is -3.00. The number of allylic oxidation sites excluding steroid dienone is 1. The minimum atomic E-state index is -0.155. The maximum Gasteiger partial charge on any atom is 0.255 e. The first-order valence-corrected chi connectivity index (χ1v) is 13.1. The van der Waals surface area contributed by atoms with Crippen LogP contribution in [0.3, 0.4) is 0 Å². The maximum absolute atomic E-state index is 6.75. The molecule has 32 heavy (non-hydrogen) atoms. The molecule has 1 aromatic heterocycles. The summed E-state index contributed by atoms with van der Waals surface area (Å²) in [5.74, 6) is 0. The zero-order chi connectivity index (χ0) is 22.1. The van der Waals surface area contributed by atoms with Crippen molar-refractivity contribution in [2.45, 2.75) is 103 Å². The summed E-state index contributed by atoms with van der Waals surface area (Å²) in [6.07, 6.45) is 22.0. The van der Waals surface area contributed by atoms with Gasteiger partial charge >= 0.3 is 0 Å². The molecule has 178 valence electrons. The highest BCUT2D eigenvalue weighted by atomic mass is 79.9. The van der Waals surface area contributed by atoms with Crippen LogP contribution in [0.1, 0.15) is 95.6 Å². The lowest BCUT2D eigenvalue weighted by molar-refractivity contribution is -0.695. The van der Waals surface area contributed by atoms with Crippen LogP contribution in [0.5, 0.6) is 0 Å². The van der Waals surface area contributed by atoms with Crippen molar-refractivity contribution in [3.05, 3.63) is 58.1 Å². The van der Waals surface area contributed by atoms with E-state index in [4.69, 9.17) is 23.2 Å². The van der Waals surface area contributed by atoms with Gasteiger partial charge in [0.1, 0.15) is 5.54 Å². The molecule has 1 unspecified atom stereocenters. The summed E-state index contributed by atoms with van der Waals surface area (Å²) in [6, 6.07) is 8.62. The van der Waals surface area contributed by atoms with Crippen molar-refractivity contribution in [3.8, 4) is 0 Å². The van der Waals surface area contributed by atoms with E-state index in [1.165, 1.54) is 68.9 Å². The molecule has 0 saturated carbocycles. The van der Waals surface area contributed by atoms with Crippen molar-refractivity contribution in [2.75, 3.05) is 0 Å². The number of unbranched alkanes of at least 4 members (excludes halogenated alkanes) is 9. The molecule has 3 rings (SSSR count). The number of imidazole rings is 1.